The van der Waals surface area contributed by atoms with Crippen LogP contribution in [0.3, 0.4) is 0 Å². The van der Waals surface area contributed by atoms with E-state index >= 15 is 0 Å². The molecule has 0 bridgehead atoms. The van der Waals surface area contributed by atoms with Crippen molar-refractivity contribution in [3.63, 3.8) is 0 Å². The fraction of sp³-hybridized carbons (Fsp3) is 0.200. The van der Waals surface area contributed by atoms with Crippen LogP contribution in [0.2, 0.25) is 5.02 Å². The van der Waals surface area contributed by atoms with Crippen molar-refractivity contribution in [1.29, 1.82) is 0 Å². The van der Waals surface area contributed by atoms with Crippen LogP contribution in [0, 0.1) is 6.92 Å². The SMILES string of the molecule is COc1cccc2ccc(Cn3nc(C)c(Cl)c3N)nc12. The summed E-state index contributed by atoms with van der Waals surface area (Å²) in [5.74, 6) is 1.20. The molecule has 3 aromatic rings. The molecule has 2 heterocycles. The predicted octanol–water partition coefficient (Wildman–Crippen LogP) is 3.03. The molecule has 0 atom stereocenters. The van der Waals surface area contributed by atoms with Crippen molar-refractivity contribution in [2.45, 2.75) is 13.5 Å². The van der Waals surface area contributed by atoms with E-state index in [4.69, 9.17) is 22.1 Å². The minimum atomic E-state index is 0.455. The highest BCUT2D eigenvalue weighted by atomic mass is 35.5. The lowest BCUT2D eigenvalue weighted by molar-refractivity contribution is 0.418. The highest BCUT2D eigenvalue weighted by Crippen LogP contribution is 2.25. The number of para-hydroxylation sites is 1. The monoisotopic (exact) mass is 302 g/mol. The second kappa shape index (κ2) is 5.26. The zero-order chi connectivity index (χ0) is 15.0. The second-order valence-corrected chi connectivity index (χ2v) is 5.15. The third-order valence-electron chi connectivity index (χ3n) is 3.36. The van der Waals surface area contributed by atoms with E-state index in [-0.39, 0.29) is 0 Å². The average molecular weight is 303 g/mol. The Labute approximate surface area is 127 Å². The number of hydrogen-bond acceptors (Lipinski definition) is 4. The number of nitrogen functional groups attached to an aromatic ring is 1. The van der Waals surface area contributed by atoms with Crippen LogP contribution < -0.4 is 10.5 Å². The van der Waals surface area contributed by atoms with Gasteiger partial charge in [0, 0.05) is 5.39 Å². The van der Waals surface area contributed by atoms with Crippen molar-refractivity contribution in [2.75, 3.05) is 12.8 Å². The number of aromatic nitrogens is 3. The number of rotatable bonds is 3. The predicted molar refractivity (Wildman–Crippen MR) is 83.8 cm³/mol. The van der Waals surface area contributed by atoms with Gasteiger partial charge in [-0.3, -0.25) is 0 Å². The van der Waals surface area contributed by atoms with Crippen molar-refractivity contribution in [2.24, 2.45) is 0 Å². The van der Waals surface area contributed by atoms with E-state index in [1.54, 1.807) is 11.8 Å². The molecule has 21 heavy (non-hydrogen) atoms. The lowest BCUT2D eigenvalue weighted by Crippen LogP contribution is -2.07. The van der Waals surface area contributed by atoms with Crippen LogP contribution >= 0.6 is 11.6 Å². The van der Waals surface area contributed by atoms with E-state index in [0.29, 0.717) is 23.1 Å². The van der Waals surface area contributed by atoms with Crippen LogP contribution in [0.15, 0.2) is 30.3 Å². The van der Waals surface area contributed by atoms with Gasteiger partial charge in [0.1, 0.15) is 22.1 Å². The van der Waals surface area contributed by atoms with E-state index in [0.717, 1.165) is 22.3 Å². The molecular weight excluding hydrogens is 288 g/mol. The smallest absolute Gasteiger partial charge is 0.145 e. The Morgan fingerprint density at radius 1 is 1.29 bits per heavy atom. The van der Waals surface area contributed by atoms with E-state index in [1.165, 1.54) is 0 Å². The average Bonchev–Trinajstić information content (AvgIpc) is 2.74. The van der Waals surface area contributed by atoms with Gasteiger partial charge in [-0.1, -0.05) is 29.8 Å². The van der Waals surface area contributed by atoms with E-state index in [2.05, 4.69) is 10.1 Å². The molecule has 5 nitrogen and oxygen atoms in total. The third-order valence-corrected chi connectivity index (χ3v) is 3.83. The van der Waals surface area contributed by atoms with Gasteiger partial charge in [0.05, 0.1) is 25.0 Å². The van der Waals surface area contributed by atoms with Crippen LogP contribution in [0.4, 0.5) is 5.82 Å². The fourth-order valence-electron chi connectivity index (χ4n) is 2.26. The van der Waals surface area contributed by atoms with Crippen LogP contribution in [-0.2, 0) is 6.54 Å². The maximum atomic E-state index is 6.06. The zero-order valence-corrected chi connectivity index (χ0v) is 12.6. The third kappa shape index (κ3) is 2.40. The minimum absolute atomic E-state index is 0.455. The quantitative estimate of drug-likeness (QED) is 0.807. The van der Waals surface area contributed by atoms with Gasteiger partial charge in [-0.25, -0.2) is 9.67 Å². The molecule has 1 aromatic carbocycles. The molecule has 0 aliphatic carbocycles. The molecule has 0 aliphatic heterocycles. The van der Waals surface area contributed by atoms with Gasteiger partial charge in [-0.05, 0) is 19.1 Å². The summed E-state index contributed by atoms with van der Waals surface area (Å²) in [4.78, 5) is 4.64. The lowest BCUT2D eigenvalue weighted by Gasteiger charge is -2.08. The van der Waals surface area contributed by atoms with Crippen LogP contribution in [0.1, 0.15) is 11.4 Å². The van der Waals surface area contributed by atoms with Crippen LogP contribution in [0.25, 0.3) is 10.9 Å². The normalized spacial score (nSPS) is 11.0. The number of nitrogens with two attached hydrogens (primary N) is 1. The van der Waals surface area contributed by atoms with Crippen molar-refractivity contribution >= 4 is 28.3 Å². The molecule has 108 valence electrons. The van der Waals surface area contributed by atoms with E-state index < -0.39 is 0 Å². The highest BCUT2D eigenvalue weighted by Gasteiger charge is 2.11. The van der Waals surface area contributed by atoms with Gasteiger partial charge in [-0.15, -0.1) is 0 Å². The maximum absolute atomic E-state index is 6.06. The Hall–Kier alpha value is -2.27. The topological polar surface area (TPSA) is 66.0 Å². The summed E-state index contributed by atoms with van der Waals surface area (Å²) in [6.07, 6.45) is 0. The summed E-state index contributed by atoms with van der Waals surface area (Å²) in [5.41, 5.74) is 8.32. The molecular formula is C15H15ClN4O. The van der Waals surface area contributed by atoms with Crippen LogP contribution in [0.5, 0.6) is 5.75 Å². The van der Waals surface area contributed by atoms with E-state index in [1.807, 2.05) is 37.3 Å². The summed E-state index contributed by atoms with van der Waals surface area (Å²) in [5, 5.41) is 5.84. The van der Waals surface area contributed by atoms with Crippen LogP contribution in [-0.4, -0.2) is 21.9 Å². The first-order valence-electron chi connectivity index (χ1n) is 6.51. The molecule has 0 saturated heterocycles. The summed E-state index contributed by atoms with van der Waals surface area (Å²) >= 11 is 6.06. The highest BCUT2D eigenvalue weighted by molar-refractivity contribution is 6.33. The molecule has 0 amide bonds. The number of aryl methyl sites for hydroxylation is 1. The number of methoxy groups -OCH3 is 1. The molecule has 0 fully saturated rings. The second-order valence-electron chi connectivity index (χ2n) is 4.78. The lowest BCUT2D eigenvalue weighted by atomic mass is 10.2. The fourth-order valence-corrected chi connectivity index (χ4v) is 2.40. The molecule has 3 rings (SSSR count). The summed E-state index contributed by atoms with van der Waals surface area (Å²) < 4.78 is 7.00. The number of benzene rings is 1. The summed E-state index contributed by atoms with van der Waals surface area (Å²) in [6.45, 7) is 2.29. The number of nitrogens with zero attached hydrogens (tertiary/aromatic N) is 3. The van der Waals surface area contributed by atoms with Gasteiger partial charge in [0.25, 0.3) is 0 Å². The van der Waals surface area contributed by atoms with Gasteiger partial charge < -0.3 is 10.5 Å². The maximum Gasteiger partial charge on any atom is 0.145 e. The number of pyridine rings is 1. The largest absolute Gasteiger partial charge is 0.494 e. The standard InChI is InChI=1S/C15H15ClN4O/c1-9-13(16)15(17)20(19-9)8-11-7-6-10-4-3-5-12(21-2)14(10)18-11/h3-7H,8,17H2,1-2H3. The summed E-state index contributed by atoms with van der Waals surface area (Å²) in [6, 6.07) is 9.79. The van der Waals surface area contributed by atoms with Gasteiger partial charge >= 0.3 is 0 Å². The molecule has 2 aromatic heterocycles. The first-order valence-corrected chi connectivity index (χ1v) is 6.89. The number of ether oxygens (including phenoxy) is 1. The Morgan fingerprint density at radius 2 is 2.10 bits per heavy atom. The van der Waals surface area contributed by atoms with Gasteiger partial charge in [-0.2, -0.15) is 5.10 Å². The molecule has 0 saturated carbocycles. The molecule has 0 aliphatic rings. The van der Waals surface area contributed by atoms with Crippen molar-refractivity contribution < 1.29 is 4.74 Å². The molecule has 2 N–H and O–H groups in total. The molecule has 0 unspecified atom stereocenters. The Morgan fingerprint density at radius 3 is 2.76 bits per heavy atom. The number of anilines is 1. The first-order chi connectivity index (χ1) is 10.1. The van der Waals surface area contributed by atoms with Gasteiger partial charge in [0.2, 0.25) is 0 Å². The van der Waals surface area contributed by atoms with Crippen molar-refractivity contribution in [3.8, 4) is 5.75 Å². The van der Waals surface area contributed by atoms with E-state index in [9.17, 15) is 0 Å². The van der Waals surface area contributed by atoms with Gasteiger partial charge in [0.15, 0.2) is 0 Å². The Kier molecular flexibility index (Phi) is 3.43. The Bertz CT molecular complexity index is 813. The van der Waals surface area contributed by atoms with Crippen molar-refractivity contribution in [1.82, 2.24) is 14.8 Å². The molecule has 0 spiro atoms. The zero-order valence-electron chi connectivity index (χ0n) is 11.8. The Balaban J connectivity index is 2.03. The summed E-state index contributed by atoms with van der Waals surface area (Å²) in [7, 11) is 1.64. The first kappa shape index (κ1) is 13.7. The molecule has 6 heteroatoms. The number of hydrogen-bond donors (Lipinski definition) is 1. The number of halogens is 1. The van der Waals surface area contributed by atoms with Crippen molar-refractivity contribution in [3.05, 3.63) is 46.7 Å². The number of fused-ring (bicyclic) bond motifs is 1. The minimum Gasteiger partial charge on any atom is -0.494 e. The molecule has 0 radical (unpaired) electrons.